The van der Waals surface area contributed by atoms with Crippen molar-refractivity contribution in [3.05, 3.63) is 23.4 Å². The Morgan fingerprint density at radius 1 is 1.24 bits per heavy atom. The summed E-state index contributed by atoms with van der Waals surface area (Å²) in [7, 11) is 1.89. The maximum atomic E-state index is 12.7. The van der Waals surface area contributed by atoms with Crippen molar-refractivity contribution in [3.63, 3.8) is 0 Å². The topological polar surface area (TPSA) is 45.2 Å². The first-order valence-corrected chi connectivity index (χ1v) is 8.09. The Hall–Kier alpha value is -1.58. The molecule has 0 radical (unpaired) electrons. The van der Waals surface area contributed by atoms with Crippen LogP contribution in [0, 0.1) is 0 Å². The monoisotopic (exact) mass is 291 g/mol. The molecule has 1 aromatic heterocycles. The van der Waals surface area contributed by atoms with Crippen molar-refractivity contribution in [3.8, 4) is 0 Å². The van der Waals surface area contributed by atoms with Gasteiger partial charge in [-0.1, -0.05) is 27.7 Å². The minimum Gasteiger partial charge on any atom is -0.370 e. The lowest BCUT2D eigenvalue weighted by Gasteiger charge is -2.26. The highest BCUT2D eigenvalue weighted by atomic mass is 16.2. The van der Waals surface area contributed by atoms with Crippen LogP contribution in [-0.2, 0) is 6.42 Å². The molecule has 0 aromatic carbocycles. The highest BCUT2D eigenvalue weighted by Crippen LogP contribution is 2.16. The van der Waals surface area contributed by atoms with E-state index in [2.05, 4.69) is 38.0 Å². The first kappa shape index (κ1) is 17.5. The smallest absolute Gasteiger partial charge is 0.254 e. The molecule has 4 nitrogen and oxygen atoms in total. The molecule has 0 aliphatic carbocycles. The van der Waals surface area contributed by atoms with E-state index in [0.29, 0.717) is 6.04 Å². The average Bonchev–Trinajstić information content (AvgIpc) is 2.52. The molecule has 0 aliphatic heterocycles. The molecule has 0 unspecified atom stereocenters. The van der Waals surface area contributed by atoms with Gasteiger partial charge in [0, 0.05) is 30.9 Å². The SMILES string of the molecule is CCCNc1cc(C(=O)N(C)C(CC)CC)cc(CC)n1. The molecular formula is C17H29N3O. The quantitative estimate of drug-likeness (QED) is 0.794. The average molecular weight is 291 g/mol. The number of pyridine rings is 1. The van der Waals surface area contributed by atoms with Gasteiger partial charge < -0.3 is 10.2 Å². The van der Waals surface area contributed by atoms with E-state index in [4.69, 9.17) is 0 Å². The molecule has 0 saturated carbocycles. The second-order valence-electron chi connectivity index (χ2n) is 5.40. The van der Waals surface area contributed by atoms with Crippen molar-refractivity contribution in [1.82, 2.24) is 9.88 Å². The highest BCUT2D eigenvalue weighted by Gasteiger charge is 2.19. The zero-order valence-corrected chi connectivity index (χ0v) is 14.1. The van der Waals surface area contributed by atoms with Gasteiger partial charge in [0.2, 0.25) is 0 Å². The van der Waals surface area contributed by atoms with Crippen LogP contribution in [0.1, 0.15) is 63.0 Å². The van der Waals surface area contributed by atoms with Crippen molar-refractivity contribution in [1.29, 1.82) is 0 Å². The Labute approximate surface area is 129 Å². The molecule has 4 heteroatoms. The van der Waals surface area contributed by atoms with Crippen LogP contribution in [-0.4, -0.2) is 35.4 Å². The summed E-state index contributed by atoms with van der Waals surface area (Å²) >= 11 is 0. The number of anilines is 1. The van der Waals surface area contributed by atoms with Crippen LogP contribution >= 0.6 is 0 Å². The van der Waals surface area contributed by atoms with Crippen LogP contribution in [0.3, 0.4) is 0 Å². The molecule has 21 heavy (non-hydrogen) atoms. The second kappa shape index (κ2) is 8.65. The fraction of sp³-hybridized carbons (Fsp3) is 0.647. The van der Waals surface area contributed by atoms with Crippen molar-refractivity contribution in [2.45, 2.75) is 59.4 Å². The third-order valence-electron chi connectivity index (χ3n) is 3.85. The van der Waals surface area contributed by atoms with Gasteiger partial charge >= 0.3 is 0 Å². The third kappa shape index (κ3) is 4.73. The molecule has 0 aliphatic rings. The molecule has 118 valence electrons. The summed E-state index contributed by atoms with van der Waals surface area (Å²) in [4.78, 5) is 19.1. The highest BCUT2D eigenvalue weighted by molar-refractivity contribution is 5.95. The molecule has 1 heterocycles. The van der Waals surface area contributed by atoms with Crippen LogP contribution in [0.4, 0.5) is 5.82 Å². The Bertz CT molecular complexity index is 455. The summed E-state index contributed by atoms with van der Waals surface area (Å²) < 4.78 is 0. The Kier molecular flexibility index (Phi) is 7.20. The Morgan fingerprint density at radius 2 is 1.90 bits per heavy atom. The zero-order chi connectivity index (χ0) is 15.8. The molecule has 0 spiro atoms. The lowest BCUT2D eigenvalue weighted by molar-refractivity contribution is 0.0723. The lowest BCUT2D eigenvalue weighted by atomic mass is 10.1. The molecule has 0 saturated heterocycles. The second-order valence-corrected chi connectivity index (χ2v) is 5.40. The van der Waals surface area contributed by atoms with E-state index in [0.717, 1.165) is 49.3 Å². The fourth-order valence-electron chi connectivity index (χ4n) is 2.44. The number of aromatic nitrogens is 1. The molecule has 1 amide bonds. The van der Waals surface area contributed by atoms with Crippen molar-refractivity contribution < 1.29 is 4.79 Å². The van der Waals surface area contributed by atoms with Gasteiger partial charge in [0.1, 0.15) is 5.82 Å². The summed E-state index contributed by atoms with van der Waals surface area (Å²) in [6.45, 7) is 9.29. The predicted octanol–water partition coefficient (Wildman–Crippen LogP) is 3.73. The maximum Gasteiger partial charge on any atom is 0.254 e. The zero-order valence-electron chi connectivity index (χ0n) is 14.1. The van der Waals surface area contributed by atoms with E-state index >= 15 is 0 Å². The normalized spacial score (nSPS) is 10.8. The maximum absolute atomic E-state index is 12.7. The van der Waals surface area contributed by atoms with Gasteiger partial charge in [0.25, 0.3) is 5.91 Å². The van der Waals surface area contributed by atoms with E-state index in [1.807, 2.05) is 24.1 Å². The fourth-order valence-corrected chi connectivity index (χ4v) is 2.44. The largest absolute Gasteiger partial charge is 0.370 e. The first-order chi connectivity index (χ1) is 10.1. The first-order valence-electron chi connectivity index (χ1n) is 8.09. The van der Waals surface area contributed by atoms with E-state index in [1.165, 1.54) is 0 Å². The molecule has 0 bridgehead atoms. The molecule has 1 N–H and O–H groups in total. The number of carbonyl (C=O) groups is 1. The minimum atomic E-state index is 0.0837. The van der Waals surface area contributed by atoms with Gasteiger partial charge in [-0.15, -0.1) is 0 Å². The number of aryl methyl sites for hydroxylation is 1. The van der Waals surface area contributed by atoms with Crippen molar-refractivity contribution >= 4 is 11.7 Å². The van der Waals surface area contributed by atoms with Crippen LogP contribution in [0.15, 0.2) is 12.1 Å². The number of nitrogens with one attached hydrogen (secondary N) is 1. The number of carbonyl (C=O) groups excluding carboxylic acids is 1. The van der Waals surface area contributed by atoms with Gasteiger partial charge in [-0.3, -0.25) is 4.79 Å². The third-order valence-corrected chi connectivity index (χ3v) is 3.85. The van der Waals surface area contributed by atoms with Crippen LogP contribution in [0.2, 0.25) is 0 Å². The Morgan fingerprint density at radius 3 is 2.43 bits per heavy atom. The summed E-state index contributed by atoms with van der Waals surface area (Å²) in [5.74, 6) is 0.887. The number of hydrogen-bond donors (Lipinski definition) is 1. The van der Waals surface area contributed by atoms with E-state index in [9.17, 15) is 4.79 Å². The van der Waals surface area contributed by atoms with Crippen LogP contribution < -0.4 is 5.32 Å². The Balaban J connectivity index is 3.01. The molecule has 1 aromatic rings. The van der Waals surface area contributed by atoms with E-state index < -0.39 is 0 Å². The van der Waals surface area contributed by atoms with Gasteiger partial charge in [0.15, 0.2) is 0 Å². The number of hydrogen-bond acceptors (Lipinski definition) is 3. The van der Waals surface area contributed by atoms with E-state index in [1.54, 1.807) is 0 Å². The van der Waals surface area contributed by atoms with Crippen LogP contribution in [0.5, 0.6) is 0 Å². The van der Waals surface area contributed by atoms with E-state index in [-0.39, 0.29) is 5.91 Å². The number of nitrogens with zero attached hydrogens (tertiary/aromatic N) is 2. The van der Waals surface area contributed by atoms with Crippen molar-refractivity contribution in [2.24, 2.45) is 0 Å². The van der Waals surface area contributed by atoms with Gasteiger partial charge in [0.05, 0.1) is 0 Å². The molecule has 0 fully saturated rings. The number of amides is 1. The van der Waals surface area contributed by atoms with Gasteiger partial charge in [-0.25, -0.2) is 4.98 Å². The number of rotatable bonds is 8. The van der Waals surface area contributed by atoms with Gasteiger partial charge in [-0.2, -0.15) is 0 Å². The minimum absolute atomic E-state index is 0.0837. The molecule has 1 rings (SSSR count). The lowest BCUT2D eigenvalue weighted by Crippen LogP contribution is -2.36. The summed E-state index contributed by atoms with van der Waals surface area (Å²) in [5, 5.41) is 3.28. The standard InChI is InChI=1S/C17H29N3O/c1-6-10-18-16-12-13(11-14(7-2)19-16)17(21)20(5)15(8-3)9-4/h11-12,15H,6-10H2,1-5H3,(H,18,19). The summed E-state index contributed by atoms with van der Waals surface area (Å²) in [5.41, 5.74) is 1.69. The predicted molar refractivity (Wildman–Crippen MR) is 88.9 cm³/mol. The molecule has 0 atom stereocenters. The summed E-state index contributed by atoms with van der Waals surface area (Å²) in [6.07, 6.45) is 3.82. The molecular weight excluding hydrogens is 262 g/mol. The van der Waals surface area contributed by atoms with Gasteiger partial charge in [-0.05, 0) is 37.8 Å². The van der Waals surface area contributed by atoms with Crippen molar-refractivity contribution in [2.75, 3.05) is 18.9 Å². The van der Waals surface area contributed by atoms with Crippen LogP contribution in [0.25, 0.3) is 0 Å². The summed E-state index contributed by atoms with van der Waals surface area (Å²) in [6, 6.07) is 4.08.